The molecule has 0 spiro atoms. The summed E-state index contributed by atoms with van der Waals surface area (Å²) >= 11 is 2.07. The highest BCUT2D eigenvalue weighted by atomic mass is 32.3. The molecule has 5 rings (SSSR count). The maximum absolute atomic E-state index is 4.68. The quantitative estimate of drug-likeness (QED) is 0.354. The molecule has 36 heavy (non-hydrogen) atoms. The Kier molecular flexibility index (Phi) is 7.92. The van der Waals surface area contributed by atoms with E-state index in [9.17, 15) is 0 Å². The van der Waals surface area contributed by atoms with Gasteiger partial charge < -0.3 is 0 Å². The van der Waals surface area contributed by atoms with Crippen LogP contribution in [-0.4, -0.2) is 28.8 Å². The lowest BCUT2D eigenvalue weighted by molar-refractivity contribution is 0.0817. The van der Waals surface area contributed by atoms with Crippen molar-refractivity contribution in [2.75, 3.05) is 18.8 Å². The van der Waals surface area contributed by atoms with E-state index in [-0.39, 0.29) is 10.0 Å². The highest BCUT2D eigenvalue weighted by molar-refractivity contribution is 8.33. The lowest BCUT2D eigenvalue weighted by Crippen LogP contribution is -2.40. The third-order valence-electron chi connectivity index (χ3n) is 9.97. The van der Waals surface area contributed by atoms with Gasteiger partial charge in [-0.3, -0.25) is 0 Å². The van der Waals surface area contributed by atoms with E-state index in [1.807, 2.05) is 0 Å². The van der Waals surface area contributed by atoms with E-state index >= 15 is 0 Å². The van der Waals surface area contributed by atoms with Crippen molar-refractivity contribution in [3.8, 4) is 0 Å². The third-order valence-corrected chi connectivity index (χ3v) is 14.9. The van der Waals surface area contributed by atoms with Gasteiger partial charge in [-0.15, -0.1) is 11.8 Å². The summed E-state index contributed by atoms with van der Waals surface area (Å²) in [5.74, 6) is 2.42. The molecule has 0 heterocycles. The molecule has 0 radical (unpaired) electrons. The molecule has 198 valence electrons. The first-order chi connectivity index (χ1) is 16.7. The maximum Gasteiger partial charge on any atom is 0.0309 e. The molecule has 0 N–H and O–H groups in total. The SMILES string of the molecule is C=C1C(Sc2cccc(C)c2)CC2C3CCc4cc(C)ccc4C3CCC12C.CC(C)(C)S(C)(C)C. The van der Waals surface area contributed by atoms with Crippen molar-refractivity contribution in [1.29, 1.82) is 0 Å². The minimum Gasteiger partial charge on any atom is -0.245 e. The van der Waals surface area contributed by atoms with Gasteiger partial charge in [0.1, 0.15) is 0 Å². The van der Waals surface area contributed by atoms with Crippen LogP contribution in [0.1, 0.15) is 81.5 Å². The molecule has 0 nitrogen and oxygen atoms in total. The van der Waals surface area contributed by atoms with Gasteiger partial charge in [0.2, 0.25) is 0 Å². The molecule has 2 heteroatoms. The van der Waals surface area contributed by atoms with Gasteiger partial charge in [0.25, 0.3) is 0 Å². The third kappa shape index (κ3) is 5.51. The summed E-state index contributed by atoms with van der Waals surface area (Å²) in [5.41, 5.74) is 7.94. The van der Waals surface area contributed by atoms with E-state index in [0.717, 1.165) is 17.8 Å². The van der Waals surface area contributed by atoms with E-state index in [4.69, 9.17) is 0 Å². The minimum atomic E-state index is -0.340. The summed E-state index contributed by atoms with van der Waals surface area (Å²) in [6.45, 7) is 18.6. The van der Waals surface area contributed by atoms with E-state index in [2.05, 4.69) is 121 Å². The van der Waals surface area contributed by atoms with Crippen molar-refractivity contribution in [2.45, 2.75) is 94.5 Å². The number of fused-ring (bicyclic) bond motifs is 5. The van der Waals surface area contributed by atoms with E-state index < -0.39 is 0 Å². The van der Waals surface area contributed by atoms with Gasteiger partial charge in [0.15, 0.2) is 0 Å². The molecule has 0 bridgehead atoms. The monoisotopic (exact) mass is 522 g/mol. The van der Waals surface area contributed by atoms with E-state index in [0.29, 0.717) is 15.4 Å². The summed E-state index contributed by atoms with van der Waals surface area (Å²) in [4.78, 5) is 1.41. The van der Waals surface area contributed by atoms with Gasteiger partial charge in [-0.2, -0.15) is 0 Å². The van der Waals surface area contributed by atoms with Crippen LogP contribution in [0.5, 0.6) is 0 Å². The number of rotatable bonds is 2. The smallest absolute Gasteiger partial charge is 0.0309 e. The average Bonchev–Trinajstić information content (AvgIpc) is 3.03. The Morgan fingerprint density at radius 1 is 0.972 bits per heavy atom. The molecule has 5 unspecified atom stereocenters. The summed E-state index contributed by atoms with van der Waals surface area (Å²) in [6.07, 6.45) is 13.7. The molecular weight excluding hydrogens is 473 g/mol. The molecular formula is C34H50S2. The average molecular weight is 523 g/mol. The second-order valence-corrected chi connectivity index (χ2v) is 19.9. The number of hydrogen-bond donors (Lipinski definition) is 0. The van der Waals surface area contributed by atoms with Crippen LogP contribution in [0.25, 0.3) is 0 Å². The van der Waals surface area contributed by atoms with Crippen molar-refractivity contribution in [1.82, 2.24) is 0 Å². The number of hydrogen-bond acceptors (Lipinski definition) is 1. The van der Waals surface area contributed by atoms with Crippen LogP contribution in [-0.2, 0) is 6.42 Å². The fourth-order valence-corrected chi connectivity index (χ4v) is 8.03. The van der Waals surface area contributed by atoms with Crippen LogP contribution in [0.3, 0.4) is 0 Å². The van der Waals surface area contributed by atoms with Crippen LogP contribution < -0.4 is 0 Å². The Bertz CT molecular complexity index is 1090. The highest BCUT2D eigenvalue weighted by Crippen LogP contribution is 2.64. The van der Waals surface area contributed by atoms with Gasteiger partial charge in [-0.05, 0) is 116 Å². The molecule has 0 saturated heterocycles. The molecule has 3 aliphatic carbocycles. The van der Waals surface area contributed by atoms with Crippen molar-refractivity contribution in [2.24, 2.45) is 17.3 Å². The highest BCUT2D eigenvalue weighted by Gasteiger charge is 2.55. The lowest BCUT2D eigenvalue weighted by Gasteiger charge is -2.49. The van der Waals surface area contributed by atoms with Crippen molar-refractivity contribution in [3.63, 3.8) is 0 Å². The Labute approximate surface area is 228 Å². The molecule has 2 saturated carbocycles. The predicted octanol–water partition coefficient (Wildman–Crippen LogP) is 9.97. The zero-order valence-electron chi connectivity index (χ0n) is 24.4. The molecule has 2 fully saturated rings. The van der Waals surface area contributed by atoms with Crippen LogP contribution in [0.2, 0.25) is 0 Å². The number of aryl methyl sites for hydroxylation is 3. The number of thioether (sulfide) groups is 1. The van der Waals surface area contributed by atoms with E-state index in [1.165, 1.54) is 53.7 Å². The summed E-state index contributed by atoms with van der Waals surface area (Å²) in [7, 11) is -0.340. The lowest BCUT2D eigenvalue weighted by atomic mass is 9.55. The first-order valence-electron chi connectivity index (χ1n) is 13.9. The molecule has 2 aromatic rings. The fraction of sp³-hybridized carbons (Fsp3) is 0.588. The number of benzene rings is 2. The zero-order valence-corrected chi connectivity index (χ0v) is 26.0. The van der Waals surface area contributed by atoms with Crippen LogP contribution in [0.15, 0.2) is 59.5 Å². The minimum absolute atomic E-state index is 0.338. The Hall–Kier alpha value is -1.12. The summed E-state index contributed by atoms with van der Waals surface area (Å²) in [5, 5.41) is 0.579. The predicted molar refractivity (Wildman–Crippen MR) is 166 cm³/mol. The normalized spacial score (nSPS) is 30.0. The summed E-state index contributed by atoms with van der Waals surface area (Å²) < 4.78 is 0.521. The van der Waals surface area contributed by atoms with Gasteiger partial charge in [0.05, 0.1) is 0 Å². The Morgan fingerprint density at radius 2 is 1.64 bits per heavy atom. The molecule has 0 amide bonds. The topological polar surface area (TPSA) is 0 Å². The van der Waals surface area contributed by atoms with Gasteiger partial charge in [0, 0.05) is 10.1 Å². The molecule has 3 aliphatic rings. The van der Waals surface area contributed by atoms with E-state index in [1.54, 1.807) is 11.1 Å². The summed E-state index contributed by atoms with van der Waals surface area (Å²) in [6, 6.07) is 16.2. The zero-order chi connectivity index (χ0) is 26.5. The molecule has 5 atom stereocenters. The van der Waals surface area contributed by atoms with Gasteiger partial charge in [-0.25, -0.2) is 10.0 Å². The first-order valence-corrected chi connectivity index (χ1v) is 17.6. The second-order valence-electron chi connectivity index (χ2n) is 13.7. The largest absolute Gasteiger partial charge is 0.245 e. The van der Waals surface area contributed by atoms with Gasteiger partial charge >= 0.3 is 0 Å². The molecule has 2 aromatic carbocycles. The van der Waals surface area contributed by atoms with Crippen LogP contribution in [0, 0.1) is 31.1 Å². The maximum atomic E-state index is 4.68. The second kappa shape index (κ2) is 10.2. The fourth-order valence-electron chi connectivity index (χ4n) is 6.58. The standard InChI is InChI=1S/C27H32S.C7H18S/c1-17-6-5-7-21(15-17)28-26-16-25-24-11-9-20-14-18(2)8-10-22(20)23(24)12-13-27(25,4)19(26)3;1-7(2,3)8(4,5)6/h5-8,10,14-15,23-26H,3,9,11-13,16H2,1-2,4H3;1-6H3. The van der Waals surface area contributed by atoms with Crippen molar-refractivity contribution >= 4 is 21.8 Å². The van der Waals surface area contributed by atoms with Crippen molar-refractivity contribution in [3.05, 3.63) is 76.9 Å². The molecule has 0 aliphatic heterocycles. The molecule has 0 aromatic heterocycles. The van der Waals surface area contributed by atoms with Crippen LogP contribution in [0.4, 0.5) is 0 Å². The van der Waals surface area contributed by atoms with Crippen LogP contribution >= 0.6 is 21.8 Å². The first kappa shape index (κ1) is 27.9. The Morgan fingerprint density at radius 3 is 2.28 bits per heavy atom. The van der Waals surface area contributed by atoms with Gasteiger partial charge in [-0.1, -0.05) is 81.3 Å². The van der Waals surface area contributed by atoms with Crippen molar-refractivity contribution < 1.29 is 0 Å². The Balaban J connectivity index is 0.000000331.